The summed E-state index contributed by atoms with van der Waals surface area (Å²) in [6, 6.07) is 20.6. The molecule has 1 aromatic carbocycles. The van der Waals surface area contributed by atoms with Crippen LogP contribution in [0.25, 0.3) is 0 Å². The van der Waals surface area contributed by atoms with Crippen molar-refractivity contribution in [2.45, 2.75) is 45.1 Å². The summed E-state index contributed by atoms with van der Waals surface area (Å²) in [7, 11) is 0. The first-order chi connectivity index (χ1) is 17.0. The molecular formula is C31H32ClN3. The van der Waals surface area contributed by atoms with E-state index in [2.05, 4.69) is 70.5 Å². The Morgan fingerprint density at radius 3 is 2.51 bits per heavy atom. The van der Waals surface area contributed by atoms with Crippen molar-refractivity contribution in [3.8, 4) is 0 Å². The van der Waals surface area contributed by atoms with E-state index in [0.717, 1.165) is 59.1 Å². The normalized spacial score (nSPS) is 14.0. The summed E-state index contributed by atoms with van der Waals surface area (Å²) >= 11 is 6.52. The average Bonchev–Trinajstić information content (AvgIpc) is 2.89. The number of aryl methyl sites for hydroxylation is 1. The summed E-state index contributed by atoms with van der Waals surface area (Å²) < 4.78 is 0. The van der Waals surface area contributed by atoms with Gasteiger partial charge in [0.05, 0.1) is 6.54 Å². The SMILES string of the molecule is C=C(CCC1=C(Cl)CCC=C1)C(C(=C)N(Cc1ccc(C)nc1)c1ccccn1)c1ccccc1. The van der Waals surface area contributed by atoms with Crippen LogP contribution >= 0.6 is 11.6 Å². The Morgan fingerprint density at radius 2 is 1.83 bits per heavy atom. The van der Waals surface area contributed by atoms with Crippen LogP contribution in [0.5, 0.6) is 0 Å². The van der Waals surface area contributed by atoms with Gasteiger partial charge < -0.3 is 4.90 Å². The molecule has 0 bridgehead atoms. The number of nitrogens with zero attached hydrogens (tertiary/aromatic N) is 3. The molecule has 3 aromatic rings. The van der Waals surface area contributed by atoms with E-state index < -0.39 is 0 Å². The van der Waals surface area contributed by atoms with Crippen LogP contribution in [0, 0.1) is 6.92 Å². The molecule has 4 rings (SSSR count). The Hall–Kier alpha value is -3.43. The Bertz CT molecular complexity index is 1210. The molecule has 1 aliphatic carbocycles. The lowest BCUT2D eigenvalue weighted by Crippen LogP contribution is -2.27. The lowest BCUT2D eigenvalue weighted by Gasteiger charge is -2.33. The van der Waals surface area contributed by atoms with Gasteiger partial charge in [-0.1, -0.05) is 84.9 Å². The number of rotatable bonds is 10. The molecular weight excluding hydrogens is 450 g/mol. The monoisotopic (exact) mass is 481 g/mol. The van der Waals surface area contributed by atoms with Crippen molar-refractivity contribution in [1.29, 1.82) is 0 Å². The van der Waals surface area contributed by atoms with Crippen molar-refractivity contribution < 1.29 is 0 Å². The lowest BCUT2D eigenvalue weighted by molar-refractivity contribution is 0.756. The maximum Gasteiger partial charge on any atom is 0.132 e. The molecule has 35 heavy (non-hydrogen) atoms. The molecule has 1 aliphatic rings. The van der Waals surface area contributed by atoms with E-state index in [1.807, 2.05) is 49.6 Å². The van der Waals surface area contributed by atoms with Crippen molar-refractivity contribution in [3.63, 3.8) is 0 Å². The first-order valence-electron chi connectivity index (χ1n) is 12.1. The largest absolute Gasteiger partial charge is 0.325 e. The zero-order chi connectivity index (χ0) is 24.6. The standard InChI is InChI=1S/C31H32ClN3/c1-23(16-19-27-11-7-8-14-29(27)32)31(28-12-5-4-6-13-28)25(3)35(30-15-9-10-20-33-30)22-26-18-17-24(2)34-21-26/h4-7,9-13,15,17-18,20-21,31H,1,3,8,14,16,19,22H2,2H3. The predicted molar refractivity (Wildman–Crippen MR) is 147 cm³/mol. The van der Waals surface area contributed by atoms with Gasteiger partial charge in [-0.2, -0.15) is 0 Å². The number of hydrogen-bond donors (Lipinski definition) is 0. The highest BCUT2D eigenvalue weighted by Crippen LogP contribution is 2.38. The van der Waals surface area contributed by atoms with E-state index in [-0.39, 0.29) is 5.92 Å². The maximum absolute atomic E-state index is 6.52. The van der Waals surface area contributed by atoms with Gasteiger partial charge in [0.15, 0.2) is 0 Å². The Morgan fingerprint density at radius 1 is 1.03 bits per heavy atom. The van der Waals surface area contributed by atoms with Crippen LogP contribution in [0.15, 0.2) is 120 Å². The molecule has 0 amide bonds. The summed E-state index contributed by atoms with van der Waals surface area (Å²) in [6.07, 6.45) is 11.7. The number of pyridine rings is 2. The molecule has 3 nitrogen and oxygen atoms in total. The quantitative estimate of drug-likeness (QED) is 0.273. The topological polar surface area (TPSA) is 29.0 Å². The van der Waals surface area contributed by atoms with Crippen LogP contribution < -0.4 is 4.90 Å². The van der Waals surface area contributed by atoms with Crippen LogP contribution in [-0.2, 0) is 6.54 Å². The van der Waals surface area contributed by atoms with Gasteiger partial charge in [0.25, 0.3) is 0 Å². The second-order valence-corrected chi connectivity index (χ2v) is 9.40. The van der Waals surface area contributed by atoms with Crippen LogP contribution in [0.1, 0.15) is 48.4 Å². The molecule has 0 spiro atoms. The molecule has 1 unspecified atom stereocenters. The van der Waals surface area contributed by atoms with E-state index in [1.54, 1.807) is 0 Å². The first-order valence-corrected chi connectivity index (χ1v) is 12.5. The fourth-order valence-corrected chi connectivity index (χ4v) is 4.69. The Labute approximate surface area is 214 Å². The number of hydrogen-bond acceptors (Lipinski definition) is 3. The van der Waals surface area contributed by atoms with Gasteiger partial charge in [0, 0.05) is 34.7 Å². The summed E-state index contributed by atoms with van der Waals surface area (Å²) in [5.74, 6) is 0.802. The third kappa shape index (κ3) is 6.37. The first kappa shape index (κ1) is 24.7. The van der Waals surface area contributed by atoms with Crippen molar-refractivity contribution in [3.05, 3.63) is 137 Å². The smallest absolute Gasteiger partial charge is 0.132 e. The van der Waals surface area contributed by atoms with E-state index in [1.165, 1.54) is 11.1 Å². The fraction of sp³-hybridized carbons (Fsp3) is 0.226. The number of benzene rings is 1. The van der Waals surface area contributed by atoms with Gasteiger partial charge in [0.1, 0.15) is 5.82 Å². The van der Waals surface area contributed by atoms with E-state index in [9.17, 15) is 0 Å². The molecule has 2 heterocycles. The second kappa shape index (κ2) is 11.8. The molecule has 0 radical (unpaired) electrons. The predicted octanol–water partition coefficient (Wildman–Crippen LogP) is 8.27. The minimum Gasteiger partial charge on any atom is -0.325 e. The highest BCUT2D eigenvalue weighted by molar-refractivity contribution is 6.30. The van der Waals surface area contributed by atoms with Crippen molar-refractivity contribution in [1.82, 2.24) is 9.97 Å². The van der Waals surface area contributed by atoms with Crippen molar-refractivity contribution in [2.75, 3.05) is 4.90 Å². The number of aromatic nitrogens is 2. The summed E-state index contributed by atoms with van der Waals surface area (Å²) in [6.45, 7) is 11.8. The van der Waals surface area contributed by atoms with Crippen molar-refractivity contribution in [2.24, 2.45) is 0 Å². The van der Waals surface area contributed by atoms with Crippen LogP contribution in [0.4, 0.5) is 5.82 Å². The van der Waals surface area contributed by atoms with E-state index in [0.29, 0.717) is 6.54 Å². The van der Waals surface area contributed by atoms with Crippen molar-refractivity contribution >= 4 is 17.4 Å². The van der Waals surface area contributed by atoms with Gasteiger partial charge >= 0.3 is 0 Å². The minimum absolute atomic E-state index is 0.0523. The number of allylic oxidation sites excluding steroid dienone is 5. The summed E-state index contributed by atoms with van der Waals surface area (Å²) in [5.41, 5.74) is 6.54. The highest BCUT2D eigenvalue weighted by atomic mass is 35.5. The summed E-state index contributed by atoms with van der Waals surface area (Å²) in [4.78, 5) is 11.3. The summed E-state index contributed by atoms with van der Waals surface area (Å²) in [5, 5.41) is 0.970. The average molecular weight is 482 g/mol. The number of anilines is 1. The fourth-order valence-electron chi connectivity index (χ4n) is 4.43. The van der Waals surface area contributed by atoms with Gasteiger partial charge in [-0.3, -0.25) is 4.98 Å². The Balaban J connectivity index is 1.65. The third-order valence-corrected chi connectivity index (χ3v) is 6.81. The van der Waals surface area contributed by atoms with Crippen LogP contribution in [0.2, 0.25) is 0 Å². The molecule has 0 fully saturated rings. The zero-order valence-electron chi connectivity index (χ0n) is 20.3. The van der Waals surface area contributed by atoms with Crippen LogP contribution in [-0.4, -0.2) is 9.97 Å². The Kier molecular flexibility index (Phi) is 8.33. The lowest BCUT2D eigenvalue weighted by atomic mass is 9.85. The van der Waals surface area contributed by atoms with Gasteiger partial charge in [-0.25, -0.2) is 4.98 Å². The van der Waals surface area contributed by atoms with E-state index >= 15 is 0 Å². The second-order valence-electron chi connectivity index (χ2n) is 8.95. The van der Waals surface area contributed by atoms with Gasteiger partial charge in [-0.05, 0) is 67.5 Å². The van der Waals surface area contributed by atoms with E-state index in [4.69, 9.17) is 11.6 Å². The molecule has 2 aromatic heterocycles. The molecule has 0 N–H and O–H groups in total. The third-order valence-electron chi connectivity index (χ3n) is 6.37. The highest BCUT2D eigenvalue weighted by Gasteiger charge is 2.25. The molecule has 4 heteroatoms. The molecule has 1 atom stereocenters. The molecule has 0 aliphatic heterocycles. The zero-order valence-corrected chi connectivity index (χ0v) is 21.1. The van der Waals surface area contributed by atoms with Gasteiger partial charge in [-0.15, -0.1) is 0 Å². The molecule has 178 valence electrons. The molecule has 0 saturated heterocycles. The number of halogens is 1. The van der Waals surface area contributed by atoms with Gasteiger partial charge in [0.2, 0.25) is 0 Å². The minimum atomic E-state index is -0.0523. The maximum atomic E-state index is 6.52. The van der Waals surface area contributed by atoms with Crippen LogP contribution in [0.3, 0.4) is 0 Å². The molecule has 0 saturated carbocycles.